The number of piperidine rings is 1. The molecule has 0 atom stereocenters. The zero-order valence-corrected chi connectivity index (χ0v) is 19.1. The topological polar surface area (TPSA) is 58.6 Å². The molecule has 0 spiro atoms. The van der Waals surface area contributed by atoms with Gasteiger partial charge in [0.1, 0.15) is 5.82 Å². The number of methoxy groups -OCH3 is 1. The van der Waals surface area contributed by atoms with E-state index >= 15 is 0 Å². The first-order chi connectivity index (χ1) is 15.7. The Balaban J connectivity index is 1.20. The van der Waals surface area contributed by atoms with Crippen LogP contribution >= 0.6 is 0 Å². The second-order valence-electron chi connectivity index (χ2n) is 9.52. The Hall–Kier alpha value is -2.47. The van der Waals surface area contributed by atoms with E-state index < -0.39 is 5.97 Å². The molecule has 1 aromatic carbocycles. The second kappa shape index (κ2) is 9.57. The van der Waals surface area contributed by atoms with Gasteiger partial charge < -0.3 is 9.64 Å². The molecule has 5 rings (SSSR count). The molecule has 170 valence electrons. The van der Waals surface area contributed by atoms with Gasteiger partial charge in [0, 0.05) is 32.2 Å². The Kier molecular flexibility index (Phi) is 6.39. The van der Waals surface area contributed by atoms with Gasteiger partial charge in [-0.05, 0) is 61.1 Å². The minimum atomic E-state index is -0.447. The molecule has 2 aromatic rings. The summed E-state index contributed by atoms with van der Waals surface area (Å²) in [6.07, 6.45) is 13.5. The molecule has 0 bridgehead atoms. The highest BCUT2D eigenvalue weighted by molar-refractivity contribution is 5.86. The average molecular weight is 435 g/mol. The first kappa shape index (κ1) is 21.4. The van der Waals surface area contributed by atoms with Crippen molar-refractivity contribution < 1.29 is 9.53 Å². The molecule has 3 aliphatic rings. The monoisotopic (exact) mass is 434 g/mol. The van der Waals surface area contributed by atoms with Crippen LogP contribution in [0.5, 0.6) is 0 Å². The van der Waals surface area contributed by atoms with Crippen molar-refractivity contribution in [3.8, 4) is 0 Å². The molecule has 2 fully saturated rings. The summed E-state index contributed by atoms with van der Waals surface area (Å²) < 4.78 is 4.71. The summed E-state index contributed by atoms with van der Waals surface area (Å²) in [5.74, 6) is 0.996. The van der Waals surface area contributed by atoms with Crippen LogP contribution in [0.2, 0.25) is 0 Å². The third kappa shape index (κ3) is 4.51. The number of carbonyl (C=O) groups is 1. The maximum Gasteiger partial charge on any atom is 0.358 e. The molecule has 6 heteroatoms. The molecule has 3 heterocycles. The molecule has 6 nitrogen and oxygen atoms in total. The van der Waals surface area contributed by atoms with Gasteiger partial charge >= 0.3 is 5.97 Å². The van der Waals surface area contributed by atoms with Crippen molar-refractivity contribution in [2.45, 2.75) is 63.3 Å². The zero-order valence-electron chi connectivity index (χ0n) is 19.1. The molecule has 32 heavy (non-hydrogen) atoms. The number of fused-ring (bicyclic) bond motifs is 1. The number of hydrogen-bond donors (Lipinski definition) is 0. The quantitative estimate of drug-likeness (QED) is 0.678. The van der Waals surface area contributed by atoms with Crippen LogP contribution in [0.1, 0.15) is 71.6 Å². The van der Waals surface area contributed by atoms with Crippen LogP contribution in [0, 0.1) is 0 Å². The Bertz CT molecular complexity index is 931. The lowest BCUT2D eigenvalue weighted by atomic mass is 9.87. The molecule has 1 aliphatic carbocycles. The minimum Gasteiger partial charge on any atom is -0.464 e. The number of nitrogens with zero attached hydrogens (tertiary/aromatic N) is 4. The van der Waals surface area contributed by atoms with E-state index in [1.54, 1.807) is 17.3 Å². The van der Waals surface area contributed by atoms with E-state index in [1.807, 2.05) is 0 Å². The first-order valence-corrected chi connectivity index (χ1v) is 12.2. The molecule has 1 saturated carbocycles. The molecular weight excluding hydrogens is 400 g/mol. The predicted octanol–water partition coefficient (Wildman–Crippen LogP) is 3.99. The van der Waals surface area contributed by atoms with Crippen molar-refractivity contribution in [1.82, 2.24) is 14.9 Å². The van der Waals surface area contributed by atoms with Crippen LogP contribution in [0.4, 0.5) is 5.82 Å². The van der Waals surface area contributed by atoms with E-state index in [0.717, 1.165) is 37.8 Å². The standard InChI is InChI=1S/C26H34N4O2/c1-32-26(31)24-17-28-25(18-27-24)30-14-9-20(10-15-30)21-7-6-19-8-12-29(13-11-22(19)16-21)23-4-2-3-5-23/h6-7,16-18,20,23H,2-5,8-15H2,1H3. The Morgan fingerprint density at radius 2 is 1.69 bits per heavy atom. The van der Waals surface area contributed by atoms with E-state index in [-0.39, 0.29) is 5.69 Å². The van der Waals surface area contributed by atoms with Gasteiger partial charge in [-0.25, -0.2) is 14.8 Å². The van der Waals surface area contributed by atoms with Crippen LogP contribution in [0.15, 0.2) is 30.6 Å². The molecular formula is C26H34N4O2. The fourth-order valence-corrected chi connectivity index (χ4v) is 5.79. The van der Waals surface area contributed by atoms with Crippen LogP contribution in [-0.2, 0) is 17.6 Å². The summed E-state index contributed by atoms with van der Waals surface area (Å²) in [5.41, 5.74) is 4.90. The lowest BCUT2D eigenvalue weighted by molar-refractivity contribution is 0.0593. The summed E-state index contributed by atoms with van der Waals surface area (Å²) >= 11 is 0. The lowest BCUT2D eigenvalue weighted by Crippen LogP contribution is -2.35. The number of rotatable bonds is 4. The van der Waals surface area contributed by atoms with E-state index in [2.05, 4.69) is 38.0 Å². The maximum atomic E-state index is 11.6. The van der Waals surface area contributed by atoms with Gasteiger partial charge in [0.25, 0.3) is 0 Å². The number of esters is 1. The molecule has 0 unspecified atom stereocenters. The average Bonchev–Trinajstić information content (AvgIpc) is 3.31. The Morgan fingerprint density at radius 3 is 2.38 bits per heavy atom. The van der Waals surface area contributed by atoms with E-state index in [1.165, 1.54) is 70.5 Å². The normalized spacial score (nSPS) is 20.7. The van der Waals surface area contributed by atoms with Crippen LogP contribution in [0.25, 0.3) is 0 Å². The highest BCUT2D eigenvalue weighted by Crippen LogP contribution is 2.32. The lowest BCUT2D eigenvalue weighted by Gasteiger charge is -2.33. The minimum absolute atomic E-state index is 0.252. The van der Waals surface area contributed by atoms with Gasteiger partial charge in [-0.3, -0.25) is 4.90 Å². The summed E-state index contributed by atoms with van der Waals surface area (Å²) in [7, 11) is 1.36. The summed E-state index contributed by atoms with van der Waals surface area (Å²) in [6, 6.07) is 8.14. The zero-order chi connectivity index (χ0) is 21.9. The number of benzene rings is 1. The van der Waals surface area contributed by atoms with Crippen molar-refractivity contribution in [3.63, 3.8) is 0 Å². The number of ether oxygens (including phenoxy) is 1. The summed E-state index contributed by atoms with van der Waals surface area (Å²) in [5, 5.41) is 0. The molecule has 0 N–H and O–H groups in total. The van der Waals surface area contributed by atoms with Gasteiger partial charge in [0.2, 0.25) is 0 Å². The number of aromatic nitrogens is 2. The molecule has 0 amide bonds. The number of hydrogen-bond acceptors (Lipinski definition) is 6. The SMILES string of the molecule is COC(=O)c1cnc(N2CCC(c3ccc4c(c3)CCN(C3CCCC3)CC4)CC2)cn1. The molecule has 2 aliphatic heterocycles. The van der Waals surface area contributed by atoms with Crippen molar-refractivity contribution in [2.24, 2.45) is 0 Å². The largest absolute Gasteiger partial charge is 0.464 e. The third-order valence-corrected chi connectivity index (χ3v) is 7.73. The molecule has 1 saturated heterocycles. The highest BCUT2D eigenvalue weighted by Gasteiger charge is 2.26. The smallest absolute Gasteiger partial charge is 0.358 e. The fourth-order valence-electron chi connectivity index (χ4n) is 5.79. The van der Waals surface area contributed by atoms with Gasteiger partial charge in [-0.2, -0.15) is 0 Å². The summed E-state index contributed by atoms with van der Waals surface area (Å²) in [6.45, 7) is 4.37. The Labute approximate surface area is 191 Å². The van der Waals surface area contributed by atoms with Crippen molar-refractivity contribution >= 4 is 11.8 Å². The number of carbonyl (C=O) groups excluding carboxylic acids is 1. The Morgan fingerprint density at radius 1 is 0.938 bits per heavy atom. The van der Waals surface area contributed by atoms with Crippen molar-refractivity contribution in [3.05, 3.63) is 53.0 Å². The highest BCUT2D eigenvalue weighted by atomic mass is 16.5. The van der Waals surface area contributed by atoms with Crippen LogP contribution in [0.3, 0.4) is 0 Å². The summed E-state index contributed by atoms with van der Waals surface area (Å²) in [4.78, 5) is 25.2. The van der Waals surface area contributed by atoms with Crippen molar-refractivity contribution in [1.29, 1.82) is 0 Å². The maximum absolute atomic E-state index is 11.6. The van der Waals surface area contributed by atoms with E-state index in [4.69, 9.17) is 4.74 Å². The van der Waals surface area contributed by atoms with Gasteiger partial charge in [0.15, 0.2) is 5.69 Å². The second-order valence-corrected chi connectivity index (χ2v) is 9.52. The van der Waals surface area contributed by atoms with Gasteiger partial charge in [-0.1, -0.05) is 31.0 Å². The first-order valence-electron chi connectivity index (χ1n) is 12.2. The van der Waals surface area contributed by atoms with Crippen molar-refractivity contribution in [2.75, 3.05) is 38.2 Å². The van der Waals surface area contributed by atoms with Crippen LogP contribution < -0.4 is 4.90 Å². The third-order valence-electron chi connectivity index (χ3n) is 7.73. The molecule has 0 radical (unpaired) electrons. The van der Waals surface area contributed by atoms with Gasteiger partial charge in [0.05, 0.1) is 19.5 Å². The van der Waals surface area contributed by atoms with E-state index in [0.29, 0.717) is 5.92 Å². The van der Waals surface area contributed by atoms with E-state index in [9.17, 15) is 4.79 Å². The molecule has 1 aromatic heterocycles. The fraction of sp³-hybridized carbons (Fsp3) is 0.577. The predicted molar refractivity (Wildman–Crippen MR) is 125 cm³/mol. The number of anilines is 1. The van der Waals surface area contributed by atoms with Gasteiger partial charge in [-0.15, -0.1) is 0 Å². The van der Waals surface area contributed by atoms with Crippen LogP contribution in [-0.4, -0.2) is 60.2 Å².